The van der Waals surface area contributed by atoms with Gasteiger partial charge in [-0.3, -0.25) is 9.89 Å². The monoisotopic (exact) mass is 426 g/mol. The van der Waals surface area contributed by atoms with E-state index in [1.807, 2.05) is 0 Å². The SMILES string of the molecule is C[C@H]1CN(C(=O)c2n[nH]c3c2CCC(C)(C)C3)Cc2onc(C(C)(O)C(F)(F)F)c21. The molecule has 2 atom stereocenters. The standard InChI is InChI=1S/C20H25F3N4O3/c1-10-8-27(9-13-14(10)16(26-30-13)19(4,29)20(21,22)23)17(28)15-11-5-6-18(2,3)7-12(11)24-25-15/h10,29H,5-9H2,1-4H3,(H,24,25)/t10-,19?/m0/s1. The first kappa shape index (κ1) is 20.9. The molecule has 2 aromatic rings. The summed E-state index contributed by atoms with van der Waals surface area (Å²) in [6.07, 6.45) is -2.40. The summed E-state index contributed by atoms with van der Waals surface area (Å²) in [4.78, 5) is 14.7. The Kier molecular flexibility index (Phi) is 4.57. The van der Waals surface area contributed by atoms with Crippen LogP contribution in [0.5, 0.6) is 0 Å². The van der Waals surface area contributed by atoms with Gasteiger partial charge in [0, 0.05) is 29.3 Å². The maximum absolute atomic E-state index is 13.3. The smallest absolute Gasteiger partial charge is 0.375 e. The minimum absolute atomic E-state index is 0.0213. The molecule has 2 aromatic heterocycles. The van der Waals surface area contributed by atoms with Crippen molar-refractivity contribution in [3.8, 4) is 0 Å². The van der Waals surface area contributed by atoms with Gasteiger partial charge < -0.3 is 14.5 Å². The van der Waals surface area contributed by atoms with E-state index in [2.05, 4.69) is 29.2 Å². The molecule has 30 heavy (non-hydrogen) atoms. The number of nitrogens with zero attached hydrogens (tertiary/aromatic N) is 3. The fourth-order valence-corrected chi connectivity index (χ4v) is 4.43. The van der Waals surface area contributed by atoms with E-state index in [4.69, 9.17) is 4.52 Å². The van der Waals surface area contributed by atoms with Crippen molar-refractivity contribution in [1.82, 2.24) is 20.3 Å². The Balaban J connectivity index is 1.61. The van der Waals surface area contributed by atoms with Crippen molar-refractivity contribution in [1.29, 1.82) is 0 Å². The molecule has 0 radical (unpaired) electrons. The lowest BCUT2D eigenvalue weighted by atomic mass is 9.76. The molecule has 0 bridgehead atoms. The van der Waals surface area contributed by atoms with Crippen LogP contribution in [-0.2, 0) is 25.0 Å². The minimum atomic E-state index is -4.90. The zero-order valence-electron chi connectivity index (χ0n) is 17.4. The number of H-pyrrole nitrogens is 1. The molecule has 7 nitrogen and oxygen atoms in total. The number of fused-ring (bicyclic) bond motifs is 2. The lowest BCUT2D eigenvalue weighted by Gasteiger charge is -2.32. The number of carbonyl (C=O) groups is 1. The molecule has 1 unspecified atom stereocenters. The second-order valence-corrected chi connectivity index (χ2v) is 9.40. The third-order valence-corrected chi connectivity index (χ3v) is 6.29. The van der Waals surface area contributed by atoms with Crippen molar-refractivity contribution >= 4 is 5.91 Å². The summed E-state index contributed by atoms with van der Waals surface area (Å²) >= 11 is 0. The van der Waals surface area contributed by atoms with Crippen LogP contribution in [0, 0.1) is 5.41 Å². The average Bonchev–Trinajstić information content (AvgIpc) is 3.23. The Labute approximate surface area is 171 Å². The van der Waals surface area contributed by atoms with Crippen molar-refractivity contribution in [2.24, 2.45) is 5.41 Å². The predicted molar refractivity (Wildman–Crippen MR) is 99.7 cm³/mol. The van der Waals surface area contributed by atoms with Crippen LogP contribution < -0.4 is 0 Å². The van der Waals surface area contributed by atoms with Gasteiger partial charge >= 0.3 is 6.18 Å². The molecule has 1 aliphatic heterocycles. The highest BCUT2D eigenvalue weighted by Crippen LogP contribution is 2.44. The summed E-state index contributed by atoms with van der Waals surface area (Å²) in [5, 5.41) is 20.8. The molecule has 0 aromatic carbocycles. The molecule has 2 aliphatic rings. The number of aromatic nitrogens is 3. The number of rotatable bonds is 2. The number of halogens is 3. The Morgan fingerprint density at radius 1 is 1.37 bits per heavy atom. The zero-order chi connectivity index (χ0) is 22.1. The van der Waals surface area contributed by atoms with Gasteiger partial charge in [-0.2, -0.15) is 18.3 Å². The first-order chi connectivity index (χ1) is 13.8. The number of aliphatic hydroxyl groups is 1. The van der Waals surface area contributed by atoms with Crippen LogP contribution in [0.15, 0.2) is 4.52 Å². The Bertz CT molecular complexity index is 990. The first-order valence-electron chi connectivity index (χ1n) is 9.95. The van der Waals surface area contributed by atoms with Gasteiger partial charge in [-0.15, -0.1) is 0 Å². The number of carbonyl (C=O) groups excluding carboxylic acids is 1. The van der Waals surface area contributed by atoms with Crippen molar-refractivity contribution in [2.75, 3.05) is 6.54 Å². The molecule has 1 aliphatic carbocycles. The van der Waals surface area contributed by atoms with Crippen LogP contribution in [0.1, 0.15) is 78.8 Å². The lowest BCUT2D eigenvalue weighted by Crippen LogP contribution is -2.42. The quantitative estimate of drug-likeness (QED) is 0.767. The molecule has 0 fully saturated rings. The molecule has 1 amide bonds. The van der Waals surface area contributed by atoms with Crippen LogP contribution in [-0.4, -0.2) is 44.0 Å². The zero-order valence-corrected chi connectivity index (χ0v) is 17.4. The van der Waals surface area contributed by atoms with Gasteiger partial charge in [0.05, 0.1) is 6.54 Å². The molecular formula is C20H25F3N4O3. The maximum atomic E-state index is 13.3. The topological polar surface area (TPSA) is 95.3 Å². The van der Waals surface area contributed by atoms with Crippen LogP contribution in [0.4, 0.5) is 13.2 Å². The highest BCUT2D eigenvalue weighted by atomic mass is 19.4. The molecular weight excluding hydrogens is 401 g/mol. The third-order valence-electron chi connectivity index (χ3n) is 6.29. The van der Waals surface area contributed by atoms with Crippen LogP contribution in [0.25, 0.3) is 0 Å². The molecule has 2 N–H and O–H groups in total. The molecule has 0 spiro atoms. The summed E-state index contributed by atoms with van der Waals surface area (Å²) < 4.78 is 45.0. The summed E-state index contributed by atoms with van der Waals surface area (Å²) in [5.41, 5.74) is -1.08. The second-order valence-electron chi connectivity index (χ2n) is 9.40. The van der Waals surface area contributed by atoms with Crippen LogP contribution in [0.2, 0.25) is 0 Å². The number of aromatic amines is 1. The number of nitrogens with one attached hydrogen (secondary N) is 1. The van der Waals surface area contributed by atoms with Gasteiger partial charge in [0.2, 0.25) is 5.60 Å². The van der Waals surface area contributed by atoms with E-state index in [1.165, 1.54) is 4.90 Å². The number of alkyl halides is 3. The van der Waals surface area contributed by atoms with Crippen LogP contribution in [0.3, 0.4) is 0 Å². The maximum Gasteiger partial charge on any atom is 0.422 e. The highest BCUT2D eigenvalue weighted by Gasteiger charge is 2.55. The average molecular weight is 426 g/mol. The fourth-order valence-electron chi connectivity index (χ4n) is 4.43. The molecule has 0 saturated carbocycles. The van der Waals surface area contributed by atoms with E-state index < -0.39 is 23.4 Å². The van der Waals surface area contributed by atoms with E-state index in [9.17, 15) is 23.1 Å². The summed E-state index contributed by atoms with van der Waals surface area (Å²) in [6.45, 7) is 6.85. The number of amides is 1. The van der Waals surface area contributed by atoms with Gasteiger partial charge in [0.15, 0.2) is 11.5 Å². The van der Waals surface area contributed by atoms with Crippen molar-refractivity contribution < 1.29 is 27.6 Å². The van der Waals surface area contributed by atoms with Crippen molar-refractivity contribution in [2.45, 2.75) is 71.2 Å². The summed E-state index contributed by atoms with van der Waals surface area (Å²) in [5.74, 6) is -0.612. The second kappa shape index (κ2) is 6.57. The van der Waals surface area contributed by atoms with E-state index in [0.717, 1.165) is 30.5 Å². The van der Waals surface area contributed by atoms with E-state index in [0.29, 0.717) is 12.6 Å². The van der Waals surface area contributed by atoms with E-state index >= 15 is 0 Å². The summed E-state index contributed by atoms with van der Waals surface area (Å²) in [6, 6.07) is 0. The largest absolute Gasteiger partial charge is 0.422 e. The lowest BCUT2D eigenvalue weighted by molar-refractivity contribution is -0.261. The van der Waals surface area contributed by atoms with Gasteiger partial charge in [-0.1, -0.05) is 25.9 Å². The number of hydrogen-bond donors (Lipinski definition) is 2. The molecule has 3 heterocycles. The molecule has 4 rings (SSSR count). The third kappa shape index (κ3) is 3.21. The minimum Gasteiger partial charge on any atom is -0.375 e. The van der Waals surface area contributed by atoms with Gasteiger partial charge in [0.1, 0.15) is 5.69 Å². The van der Waals surface area contributed by atoms with Gasteiger partial charge in [0.25, 0.3) is 5.91 Å². The molecule has 10 heteroatoms. The fraction of sp³-hybridized carbons (Fsp3) is 0.650. The normalized spacial score (nSPS) is 22.9. The number of hydrogen-bond acceptors (Lipinski definition) is 5. The Morgan fingerprint density at radius 2 is 2.07 bits per heavy atom. The summed E-state index contributed by atoms with van der Waals surface area (Å²) in [7, 11) is 0. The predicted octanol–water partition coefficient (Wildman–Crippen LogP) is 3.44. The van der Waals surface area contributed by atoms with E-state index in [-0.39, 0.29) is 35.7 Å². The highest BCUT2D eigenvalue weighted by molar-refractivity contribution is 5.94. The Morgan fingerprint density at radius 3 is 2.73 bits per heavy atom. The van der Waals surface area contributed by atoms with Crippen molar-refractivity contribution in [3.63, 3.8) is 0 Å². The van der Waals surface area contributed by atoms with Gasteiger partial charge in [-0.05, 0) is 31.6 Å². The molecule has 164 valence electrons. The van der Waals surface area contributed by atoms with Crippen molar-refractivity contribution in [3.05, 3.63) is 34.0 Å². The Hall–Kier alpha value is -2.36. The first-order valence-corrected chi connectivity index (χ1v) is 9.95. The van der Waals surface area contributed by atoms with Crippen LogP contribution >= 0.6 is 0 Å². The van der Waals surface area contributed by atoms with E-state index in [1.54, 1.807) is 6.92 Å². The van der Waals surface area contributed by atoms with Gasteiger partial charge in [-0.25, -0.2) is 0 Å². The molecule has 0 saturated heterocycles.